The van der Waals surface area contributed by atoms with Gasteiger partial charge in [0.2, 0.25) is 11.8 Å². The zero-order valence-corrected chi connectivity index (χ0v) is 13.1. The second-order valence-corrected chi connectivity index (χ2v) is 5.01. The molecule has 0 aromatic rings. The molecule has 0 aliphatic carbocycles. The van der Waals surface area contributed by atoms with Crippen molar-refractivity contribution in [2.45, 2.75) is 45.2 Å². The molecule has 0 aliphatic heterocycles. The zero-order valence-electron chi connectivity index (χ0n) is 13.1. The summed E-state index contributed by atoms with van der Waals surface area (Å²) in [5.41, 5.74) is -1.23. The van der Waals surface area contributed by atoms with E-state index in [1.165, 1.54) is 34.0 Å². The molecule has 0 saturated carbocycles. The second kappa shape index (κ2) is 8.81. The third-order valence-electron chi connectivity index (χ3n) is 2.83. The highest BCUT2D eigenvalue weighted by molar-refractivity contribution is 5.87. The zero-order chi connectivity index (χ0) is 17.3. The Kier molecular flexibility index (Phi) is 7.85. The van der Waals surface area contributed by atoms with Crippen LogP contribution in [0.5, 0.6) is 0 Å². The van der Waals surface area contributed by atoms with E-state index >= 15 is 0 Å². The van der Waals surface area contributed by atoms with Crippen LogP contribution < -0.4 is 10.6 Å². The second-order valence-electron chi connectivity index (χ2n) is 5.01. The molecule has 8 heteroatoms. The monoisotopic (exact) mass is 314 g/mol. The molecule has 2 unspecified atom stereocenters. The maximum Gasteiger partial charge on any atom is 0.331 e. The maximum atomic E-state index is 11.7. The Bertz CT molecular complexity index is 474. The van der Waals surface area contributed by atoms with E-state index in [-0.39, 0.29) is 18.7 Å². The van der Waals surface area contributed by atoms with E-state index in [0.717, 1.165) is 0 Å². The highest BCUT2D eigenvalue weighted by Gasteiger charge is 2.33. The lowest BCUT2D eigenvalue weighted by Crippen LogP contribution is -2.51. The van der Waals surface area contributed by atoms with Crippen molar-refractivity contribution in [3.63, 3.8) is 0 Å². The van der Waals surface area contributed by atoms with E-state index in [2.05, 4.69) is 15.4 Å². The summed E-state index contributed by atoms with van der Waals surface area (Å²) >= 11 is 0. The number of hydrogen-bond acceptors (Lipinski definition) is 5. The average molecular weight is 314 g/mol. The molecule has 0 heterocycles. The Morgan fingerprint density at radius 1 is 1.18 bits per heavy atom. The van der Waals surface area contributed by atoms with Crippen molar-refractivity contribution in [2.75, 3.05) is 7.11 Å². The first-order chi connectivity index (χ1) is 10.1. The summed E-state index contributed by atoms with van der Waals surface area (Å²) in [7, 11) is 1.21. The number of aliphatic carboxylic acids is 1. The van der Waals surface area contributed by atoms with E-state index in [0.29, 0.717) is 0 Å². The van der Waals surface area contributed by atoms with Crippen LogP contribution in [-0.2, 0) is 23.9 Å². The number of ether oxygens (including phenoxy) is 1. The van der Waals surface area contributed by atoms with Crippen LogP contribution in [0.3, 0.4) is 0 Å². The Hall–Kier alpha value is -2.38. The number of carbonyl (C=O) groups excluding carboxylic acids is 3. The summed E-state index contributed by atoms with van der Waals surface area (Å²) in [4.78, 5) is 44.7. The van der Waals surface area contributed by atoms with Crippen LogP contribution in [-0.4, -0.2) is 47.6 Å². The summed E-state index contributed by atoms with van der Waals surface area (Å²) in [6.07, 6.45) is 3.28. The first-order valence-corrected chi connectivity index (χ1v) is 6.64. The molecular weight excluding hydrogens is 292 g/mol. The standard InChI is InChI=1S/C14H22N2O6/c1-9(17)15-11(12(19)20)7-5-6-8-14(3,13(21)22-4)16-10(2)18/h5-6,11H,7-8H2,1-4H3,(H,15,17)(H,16,18)(H,19,20). The number of hydrogen-bond donors (Lipinski definition) is 3. The molecule has 0 aliphatic rings. The van der Waals surface area contributed by atoms with Crippen LogP contribution >= 0.6 is 0 Å². The van der Waals surface area contributed by atoms with Crippen LogP contribution in [0.1, 0.15) is 33.6 Å². The third-order valence-corrected chi connectivity index (χ3v) is 2.83. The van der Waals surface area contributed by atoms with Gasteiger partial charge in [-0.3, -0.25) is 9.59 Å². The minimum absolute atomic E-state index is 0.0617. The number of esters is 1. The molecule has 22 heavy (non-hydrogen) atoms. The number of carboxylic acids is 1. The highest BCUT2D eigenvalue weighted by Crippen LogP contribution is 2.13. The van der Waals surface area contributed by atoms with Crippen molar-refractivity contribution in [2.24, 2.45) is 0 Å². The molecule has 2 atom stereocenters. The molecule has 0 aromatic carbocycles. The highest BCUT2D eigenvalue weighted by atomic mass is 16.5. The van der Waals surface area contributed by atoms with Gasteiger partial charge < -0.3 is 20.5 Å². The van der Waals surface area contributed by atoms with Crippen molar-refractivity contribution < 1.29 is 29.0 Å². The van der Waals surface area contributed by atoms with Gasteiger partial charge in [-0.15, -0.1) is 0 Å². The van der Waals surface area contributed by atoms with Crippen LogP contribution in [0.2, 0.25) is 0 Å². The number of carboxylic acid groups (broad SMARTS) is 1. The molecule has 0 fully saturated rings. The first-order valence-electron chi connectivity index (χ1n) is 6.64. The third kappa shape index (κ3) is 6.87. The van der Waals surface area contributed by atoms with Gasteiger partial charge in [-0.1, -0.05) is 12.2 Å². The van der Waals surface area contributed by atoms with Gasteiger partial charge in [0.1, 0.15) is 11.6 Å². The van der Waals surface area contributed by atoms with Crippen LogP contribution in [0, 0.1) is 0 Å². The molecule has 3 N–H and O–H groups in total. The van der Waals surface area contributed by atoms with Gasteiger partial charge >= 0.3 is 11.9 Å². The molecule has 8 nitrogen and oxygen atoms in total. The number of rotatable bonds is 8. The van der Waals surface area contributed by atoms with Crippen molar-refractivity contribution in [3.8, 4) is 0 Å². The Balaban J connectivity index is 4.76. The Labute approximate surface area is 128 Å². The SMILES string of the molecule is COC(=O)C(C)(CC=CCC(NC(C)=O)C(=O)O)NC(C)=O. The van der Waals surface area contributed by atoms with Gasteiger partial charge in [0.25, 0.3) is 0 Å². The predicted molar refractivity (Wildman–Crippen MR) is 77.9 cm³/mol. The number of nitrogens with one attached hydrogen (secondary N) is 2. The minimum Gasteiger partial charge on any atom is -0.480 e. The molecule has 0 bridgehead atoms. The molecule has 0 spiro atoms. The van der Waals surface area contributed by atoms with Crippen molar-refractivity contribution in [1.82, 2.24) is 10.6 Å². The van der Waals surface area contributed by atoms with Crippen LogP contribution in [0.25, 0.3) is 0 Å². The van der Waals surface area contributed by atoms with Gasteiger partial charge in [-0.2, -0.15) is 0 Å². The van der Waals surface area contributed by atoms with E-state index in [1.807, 2.05) is 0 Å². The van der Waals surface area contributed by atoms with E-state index < -0.39 is 29.4 Å². The molecular formula is C14H22N2O6. The Morgan fingerprint density at radius 2 is 1.77 bits per heavy atom. The van der Waals surface area contributed by atoms with Gasteiger partial charge in [-0.25, -0.2) is 9.59 Å². The van der Waals surface area contributed by atoms with E-state index in [1.54, 1.807) is 6.08 Å². The molecule has 0 rings (SSSR count). The fourth-order valence-corrected chi connectivity index (χ4v) is 1.82. The Morgan fingerprint density at radius 3 is 2.18 bits per heavy atom. The van der Waals surface area contributed by atoms with E-state index in [4.69, 9.17) is 5.11 Å². The normalized spacial score (nSPS) is 14.7. The fraction of sp³-hybridized carbons (Fsp3) is 0.571. The first kappa shape index (κ1) is 19.6. The minimum atomic E-state index is -1.23. The molecule has 0 radical (unpaired) electrons. The number of carbonyl (C=O) groups is 4. The molecule has 124 valence electrons. The van der Waals surface area contributed by atoms with Gasteiger partial charge in [-0.05, 0) is 19.8 Å². The summed E-state index contributed by atoms with van der Waals surface area (Å²) in [6.45, 7) is 4.01. The lowest BCUT2D eigenvalue weighted by molar-refractivity contribution is -0.149. The lowest BCUT2D eigenvalue weighted by atomic mass is 9.97. The van der Waals surface area contributed by atoms with Crippen LogP contribution in [0.4, 0.5) is 0 Å². The lowest BCUT2D eigenvalue weighted by Gasteiger charge is -2.26. The molecule has 0 saturated heterocycles. The summed E-state index contributed by atoms with van der Waals surface area (Å²) in [5, 5.41) is 13.7. The summed E-state index contributed by atoms with van der Waals surface area (Å²) in [5.74, 6) is -2.59. The maximum absolute atomic E-state index is 11.7. The quantitative estimate of drug-likeness (QED) is 0.427. The molecule has 0 aromatic heterocycles. The summed E-state index contributed by atoms with van der Waals surface area (Å²) < 4.78 is 4.65. The smallest absolute Gasteiger partial charge is 0.331 e. The molecule has 2 amide bonds. The number of methoxy groups -OCH3 is 1. The van der Waals surface area contributed by atoms with Crippen molar-refractivity contribution >= 4 is 23.8 Å². The van der Waals surface area contributed by atoms with Gasteiger partial charge in [0, 0.05) is 13.8 Å². The largest absolute Gasteiger partial charge is 0.480 e. The van der Waals surface area contributed by atoms with Crippen molar-refractivity contribution in [3.05, 3.63) is 12.2 Å². The topological polar surface area (TPSA) is 122 Å². The number of amides is 2. The van der Waals surface area contributed by atoms with E-state index in [9.17, 15) is 19.2 Å². The summed E-state index contributed by atoms with van der Waals surface area (Å²) in [6, 6.07) is -1.04. The van der Waals surface area contributed by atoms with Gasteiger partial charge in [0.05, 0.1) is 7.11 Å². The van der Waals surface area contributed by atoms with Crippen molar-refractivity contribution in [1.29, 1.82) is 0 Å². The van der Waals surface area contributed by atoms with Crippen LogP contribution in [0.15, 0.2) is 12.2 Å². The van der Waals surface area contributed by atoms with Gasteiger partial charge in [0.15, 0.2) is 0 Å². The average Bonchev–Trinajstić information content (AvgIpc) is 2.39. The fourth-order valence-electron chi connectivity index (χ4n) is 1.82. The predicted octanol–water partition coefficient (Wildman–Crippen LogP) is -0.0201.